The van der Waals surface area contributed by atoms with E-state index in [2.05, 4.69) is 9.97 Å². The van der Waals surface area contributed by atoms with Crippen molar-refractivity contribution in [3.63, 3.8) is 0 Å². The van der Waals surface area contributed by atoms with Gasteiger partial charge in [0.1, 0.15) is 6.61 Å². The van der Waals surface area contributed by atoms with Crippen LogP contribution in [0, 0.1) is 11.6 Å². The van der Waals surface area contributed by atoms with Crippen molar-refractivity contribution in [2.75, 3.05) is 0 Å². The monoisotopic (exact) mass is 266 g/mol. The van der Waals surface area contributed by atoms with Crippen molar-refractivity contribution in [1.82, 2.24) is 9.97 Å². The van der Waals surface area contributed by atoms with Gasteiger partial charge in [-0.1, -0.05) is 0 Å². The molecule has 98 valence electrons. The van der Waals surface area contributed by atoms with E-state index in [0.717, 1.165) is 0 Å². The number of ether oxygens (including phenoxy) is 1. The van der Waals surface area contributed by atoms with Crippen molar-refractivity contribution in [1.29, 1.82) is 0 Å². The van der Waals surface area contributed by atoms with E-state index in [-0.39, 0.29) is 12.4 Å². The minimum Gasteiger partial charge on any atom is -0.479 e. The summed E-state index contributed by atoms with van der Waals surface area (Å²) in [6.45, 7) is -0.221. The van der Waals surface area contributed by atoms with Gasteiger partial charge in [0, 0.05) is 12.4 Å². The van der Waals surface area contributed by atoms with Gasteiger partial charge in [0.05, 0.1) is 5.56 Å². The highest BCUT2D eigenvalue weighted by molar-refractivity contribution is 5.87. The number of carboxylic acid groups (broad SMARTS) is 1. The van der Waals surface area contributed by atoms with Gasteiger partial charge in [0.2, 0.25) is 0 Å². The van der Waals surface area contributed by atoms with Gasteiger partial charge in [0.15, 0.2) is 23.2 Å². The third-order valence-electron chi connectivity index (χ3n) is 2.21. The zero-order valence-corrected chi connectivity index (χ0v) is 9.51. The van der Waals surface area contributed by atoms with Crippen LogP contribution in [0.4, 0.5) is 8.78 Å². The molecule has 2 rings (SSSR count). The lowest BCUT2D eigenvalue weighted by Gasteiger charge is -2.08. The molecule has 0 saturated carbocycles. The lowest BCUT2D eigenvalue weighted by Crippen LogP contribution is -2.05. The fourth-order valence-corrected chi connectivity index (χ4v) is 1.36. The molecule has 0 bridgehead atoms. The van der Waals surface area contributed by atoms with Gasteiger partial charge in [0.25, 0.3) is 0 Å². The third kappa shape index (κ3) is 3.01. The van der Waals surface area contributed by atoms with Gasteiger partial charge < -0.3 is 9.84 Å². The van der Waals surface area contributed by atoms with Crippen LogP contribution in [0.1, 0.15) is 16.2 Å². The largest absolute Gasteiger partial charge is 0.479 e. The first-order valence-corrected chi connectivity index (χ1v) is 5.19. The van der Waals surface area contributed by atoms with E-state index in [1.807, 2.05) is 0 Å². The predicted molar refractivity (Wildman–Crippen MR) is 59.7 cm³/mol. The van der Waals surface area contributed by atoms with Crippen LogP contribution in [0.2, 0.25) is 0 Å². The fourth-order valence-electron chi connectivity index (χ4n) is 1.36. The van der Waals surface area contributed by atoms with Gasteiger partial charge in [-0.05, 0) is 18.2 Å². The second kappa shape index (κ2) is 5.38. The molecule has 0 saturated heterocycles. The second-order valence-electron chi connectivity index (χ2n) is 3.53. The first kappa shape index (κ1) is 12.9. The van der Waals surface area contributed by atoms with Gasteiger partial charge >= 0.3 is 5.97 Å². The Morgan fingerprint density at radius 1 is 1.21 bits per heavy atom. The van der Waals surface area contributed by atoms with Crippen LogP contribution in [0.5, 0.6) is 5.75 Å². The van der Waals surface area contributed by atoms with E-state index < -0.39 is 28.9 Å². The Morgan fingerprint density at radius 3 is 2.32 bits per heavy atom. The second-order valence-corrected chi connectivity index (χ2v) is 3.53. The topological polar surface area (TPSA) is 72.3 Å². The number of aromatic carboxylic acids is 1. The number of carboxylic acids is 1. The average Bonchev–Trinajstić information content (AvgIpc) is 2.38. The summed E-state index contributed by atoms with van der Waals surface area (Å²) >= 11 is 0. The Kier molecular flexibility index (Phi) is 3.65. The molecule has 2 aromatic rings. The van der Waals surface area contributed by atoms with Crippen LogP contribution in [-0.2, 0) is 6.61 Å². The number of nitrogens with zero attached hydrogens (tertiary/aromatic N) is 2. The Balaban J connectivity index is 2.19. The number of hydrogen-bond donors (Lipinski definition) is 1. The number of hydrogen-bond acceptors (Lipinski definition) is 4. The van der Waals surface area contributed by atoms with E-state index >= 15 is 0 Å². The lowest BCUT2D eigenvalue weighted by molar-refractivity contribution is 0.0695. The summed E-state index contributed by atoms with van der Waals surface area (Å²) in [5.41, 5.74) is -0.488. The van der Waals surface area contributed by atoms with Gasteiger partial charge in [-0.15, -0.1) is 0 Å². The van der Waals surface area contributed by atoms with Crippen LogP contribution in [-0.4, -0.2) is 21.0 Å². The van der Waals surface area contributed by atoms with E-state index in [4.69, 9.17) is 9.84 Å². The molecule has 0 aliphatic heterocycles. The Labute approximate surface area is 106 Å². The molecule has 0 fully saturated rings. The molecule has 0 unspecified atom stereocenters. The molecule has 0 aliphatic rings. The number of aromatic nitrogens is 2. The molecule has 1 N–H and O–H groups in total. The van der Waals surface area contributed by atoms with Crippen molar-refractivity contribution in [3.8, 4) is 5.75 Å². The lowest BCUT2D eigenvalue weighted by atomic mass is 10.2. The number of rotatable bonds is 4. The molecule has 5 nitrogen and oxygen atoms in total. The smallest absolute Gasteiger partial charge is 0.335 e. The summed E-state index contributed by atoms with van der Waals surface area (Å²) in [5, 5.41) is 8.64. The van der Waals surface area contributed by atoms with Crippen LogP contribution in [0.15, 0.2) is 30.6 Å². The van der Waals surface area contributed by atoms with Gasteiger partial charge in [-0.25, -0.2) is 23.5 Å². The first-order chi connectivity index (χ1) is 9.08. The molecule has 7 heteroatoms. The third-order valence-corrected chi connectivity index (χ3v) is 2.21. The van der Waals surface area contributed by atoms with Crippen molar-refractivity contribution >= 4 is 5.97 Å². The number of halogens is 2. The quantitative estimate of drug-likeness (QED) is 0.916. The Hall–Kier alpha value is -2.57. The minimum absolute atomic E-state index is 0.221. The zero-order valence-electron chi connectivity index (χ0n) is 9.51. The van der Waals surface area contributed by atoms with Crippen LogP contribution in [0.3, 0.4) is 0 Å². The number of benzene rings is 1. The van der Waals surface area contributed by atoms with E-state index in [1.54, 1.807) is 6.07 Å². The van der Waals surface area contributed by atoms with Crippen molar-refractivity contribution in [2.45, 2.75) is 6.61 Å². The predicted octanol–water partition coefficient (Wildman–Crippen LogP) is 2.03. The average molecular weight is 266 g/mol. The van der Waals surface area contributed by atoms with E-state index in [0.29, 0.717) is 12.1 Å². The highest BCUT2D eigenvalue weighted by Crippen LogP contribution is 2.24. The van der Waals surface area contributed by atoms with E-state index in [9.17, 15) is 13.6 Å². The summed E-state index contributed by atoms with van der Waals surface area (Å²) in [5.74, 6) is -4.00. The summed E-state index contributed by atoms with van der Waals surface area (Å²) in [6, 6.07) is 2.96. The van der Waals surface area contributed by atoms with Crippen molar-refractivity contribution in [3.05, 3.63) is 53.6 Å². The van der Waals surface area contributed by atoms with Crippen LogP contribution >= 0.6 is 0 Å². The molecule has 0 aliphatic carbocycles. The molecule has 0 atom stereocenters. The molecular formula is C12H8F2N2O3. The molecular weight excluding hydrogens is 258 g/mol. The SMILES string of the molecule is O=C(O)c1cc(F)c(OCc2ncccn2)c(F)c1. The van der Waals surface area contributed by atoms with Gasteiger partial charge in [-0.2, -0.15) is 0 Å². The Morgan fingerprint density at radius 2 is 1.79 bits per heavy atom. The van der Waals surface area contributed by atoms with Crippen LogP contribution in [0.25, 0.3) is 0 Å². The summed E-state index contributed by atoms with van der Waals surface area (Å²) in [7, 11) is 0. The maximum atomic E-state index is 13.5. The van der Waals surface area contributed by atoms with E-state index in [1.165, 1.54) is 12.4 Å². The highest BCUT2D eigenvalue weighted by Gasteiger charge is 2.16. The summed E-state index contributed by atoms with van der Waals surface area (Å²) in [4.78, 5) is 18.2. The fraction of sp³-hybridized carbons (Fsp3) is 0.0833. The van der Waals surface area contributed by atoms with Gasteiger partial charge in [-0.3, -0.25) is 0 Å². The maximum Gasteiger partial charge on any atom is 0.335 e. The molecule has 19 heavy (non-hydrogen) atoms. The number of carbonyl (C=O) groups is 1. The standard InChI is InChI=1S/C12H8F2N2O3/c13-8-4-7(12(17)18)5-9(14)11(8)19-6-10-15-2-1-3-16-10/h1-5H,6H2,(H,17,18). The van der Waals surface area contributed by atoms with Crippen LogP contribution < -0.4 is 4.74 Å². The van der Waals surface area contributed by atoms with Crippen molar-refractivity contribution < 1.29 is 23.4 Å². The van der Waals surface area contributed by atoms with Crippen molar-refractivity contribution in [2.24, 2.45) is 0 Å². The highest BCUT2D eigenvalue weighted by atomic mass is 19.1. The zero-order chi connectivity index (χ0) is 13.8. The first-order valence-electron chi connectivity index (χ1n) is 5.19. The summed E-state index contributed by atoms with van der Waals surface area (Å²) < 4.78 is 31.9. The molecule has 1 heterocycles. The summed E-state index contributed by atoms with van der Waals surface area (Å²) in [6.07, 6.45) is 2.93. The molecule has 1 aromatic heterocycles. The maximum absolute atomic E-state index is 13.5. The Bertz CT molecular complexity index is 582. The normalized spacial score (nSPS) is 10.2. The molecule has 0 radical (unpaired) electrons. The molecule has 0 spiro atoms. The molecule has 1 aromatic carbocycles. The molecule has 0 amide bonds. The minimum atomic E-state index is -1.42.